The molecule has 3 atom stereocenters. The van der Waals surface area contributed by atoms with Gasteiger partial charge >= 0.3 is 0 Å². The molecular formula is C19H17BrO4. The zero-order valence-corrected chi connectivity index (χ0v) is 15.3. The van der Waals surface area contributed by atoms with Crippen LogP contribution in [0.2, 0.25) is 0 Å². The fourth-order valence-corrected chi connectivity index (χ4v) is 4.64. The number of ketones is 2. The number of aryl methyl sites for hydroxylation is 1. The first-order valence-electron chi connectivity index (χ1n) is 7.87. The molecule has 0 N–H and O–H groups in total. The van der Waals surface area contributed by atoms with E-state index in [-0.39, 0.29) is 18.2 Å². The normalized spacial score (nSPS) is 34.1. The van der Waals surface area contributed by atoms with E-state index in [1.54, 1.807) is 6.08 Å². The molecule has 3 aliphatic rings. The molecule has 0 radical (unpaired) electrons. The smallest absolute Gasteiger partial charge is 0.200 e. The summed E-state index contributed by atoms with van der Waals surface area (Å²) in [6.07, 6.45) is 1.76. The predicted molar refractivity (Wildman–Crippen MR) is 92.5 cm³/mol. The van der Waals surface area contributed by atoms with Crippen LogP contribution in [0, 0.1) is 12.8 Å². The van der Waals surface area contributed by atoms with Crippen molar-refractivity contribution in [2.24, 2.45) is 5.92 Å². The second-order valence-electron chi connectivity index (χ2n) is 6.88. The van der Waals surface area contributed by atoms with Crippen molar-refractivity contribution in [3.8, 4) is 0 Å². The zero-order chi connectivity index (χ0) is 17.3. The fraction of sp³-hybridized carbons (Fsp3) is 0.368. The maximum atomic E-state index is 12.9. The molecule has 1 aliphatic carbocycles. The van der Waals surface area contributed by atoms with E-state index in [1.807, 2.05) is 38.1 Å². The van der Waals surface area contributed by atoms with Gasteiger partial charge in [-0.05, 0) is 42.8 Å². The maximum absolute atomic E-state index is 12.9. The lowest BCUT2D eigenvalue weighted by atomic mass is 9.70. The fourth-order valence-electron chi connectivity index (χ4n) is 3.97. The molecule has 0 bridgehead atoms. The number of Topliss-reactive ketones (excluding diaryl/α,β-unsaturated/α-hetero) is 2. The average molecular weight is 389 g/mol. The minimum atomic E-state index is -1.12. The number of rotatable bonds is 2. The van der Waals surface area contributed by atoms with E-state index in [2.05, 4.69) is 15.9 Å². The van der Waals surface area contributed by atoms with Gasteiger partial charge < -0.3 is 9.47 Å². The predicted octanol–water partition coefficient (Wildman–Crippen LogP) is 3.33. The van der Waals surface area contributed by atoms with Gasteiger partial charge in [0.25, 0.3) is 0 Å². The minimum Gasteiger partial charge on any atom is -0.475 e. The number of ether oxygens (including phenoxy) is 2. The summed E-state index contributed by atoms with van der Waals surface area (Å²) < 4.78 is 12.6. The highest BCUT2D eigenvalue weighted by molar-refractivity contribution is 9.12. The second kappa shape index (κ2) is 4.90. The highest BCUT2D eigenvalue weighted by atomic mass is 79.9. The first kappa shape index (κ1) is 15.8. The van der Waals surface area contributed by atoms with Gasteiger partial charge in [-0.2, -0.15) is 0 Å². The van der Waals surface area contributed by atoms with Gasteiger partial charge in [-0.25, -0.2) is 0 Å². The van der Waals surface area contributed by atoms with E-state index in [1.165, 1.54) is 6.92 Å². The van der Waals surface area contributed by atoms with Crippen LogP contribution in [0.1, 0.15) is 25.0 Å². The van der Waals surface area contributed by atoms with Gasteiger partial charge in [0, 0.05) is 5.56 Å². The second-order valence-corrected chi connectivity index (χ2v) is 7.74. The lowest BCUT2D eigenvalue weighted by Crippen LogP contribution is -2.49. The maximum Gasteiger partial charge on any atom is 0.200 e. The minimum absolute atomic E-state index is 0.116. The van der Waals surface area contributed by atoms with E-state index in [0.717, 1.165) is 11.1 Å². The van der Waals surface area contributed by atoms with Crippen molar-refractivity contribution < 1.29 is 19.1 Å². The van der Waals surface area contributed by atoms with E-state index in [4.69, 9.17) is 9.47 Å². The van der Waals surface area contributed by atoms with Crippen molar-refractivity contribution in [1.82, 2.24) is 0 Å². The molecule has 1 fully saturated rings. The summed E-state index contributed by atoms with van der Waals surface area (Å²) in [6, 6.07) is 7.78. The molecule has 24 heavy (non-hydrogen) atoms. The summed E-state index contributed by atoms with van der Waals surface area (Å²) in [5, 5.41) is 0. The Hall–Kier alpha value is -1.72. The van der Waals surface area contributed by atoms with Gasteiger partial charge in [-0.1, -0.05) is 29.8 Å². The highest BCUT2D eigenvalue weighted by Crippen LogP contribution is 2.58. The number of hydrogen-bond donors (Lipinski definition) is 0. The van der Waals surface area contributed by atoms with Crippen molar-refractivity contribution >= 4 is 33.3 Å². The first-order valence-corrected chi connectivity index (χ1v) is 8.66. The lowest BCUT2D eigenvalue weighted by Gasteiger charge is -2.33. The van der Waals surface area contributed by atoms with Crippen LogP contribution in [0.25, 0.3) is 5.76 Å². The summed E-state index contributed by atoms with van der Waals surface area (Å²) in [6.45, 7) is 5.55. The third kappa shape index (κ3) is 1.88. The molecule has 0 unspecified atom stereocenters. The Morgan fingerprint density at radius 3 is 2.58 bits per heavy atom. The number of halogens is 1. The molecule has 5 heteroatoms. The quantitative estimate of drug-likeness (QED) is 0.779. The molecule has 0 aromatic heterocycles. The van der Waals surface area contributed by atoms with Gasteiger partial charge in [0.1, 0.15) is 5.76 Å². The van der Waals surface area contributed by atoms with Gasteiger partial charge in [-0.15, -0.1) is 0 Å². The third-order valence-corrected chi connectivity index (χ3v) is 5.83. The number of allylic oxidation sites excluding steroid dienone is 1. The van der Waals surface area contributed by atoms with Crippen LogP contribution in [0.4, 0.5) is 0 Å². The Bertz CT molecular complexity index is 835. The largest absolute Gasteiger partial charge is 0.475 e. The van der Waals surface area contributed by atoms with E-state index in [0.29, 0.717) is 15.8 Å². The topological polar surface area (TPSA) is 52.6 Å². The van der Waals surface area contributed by atoms with Crippen LogP contribution in [0.3, 0.4) is 0 Å². The SMILES string of the molecule is CC(=O)[C@@]12CO[C@@]3(C)C=C(Br)C(=O)C(=C(c4ccc(C)cc4)O1)[C@H]32. The Balaban J connectivity index is 1.98. The van der Waals surface area contributed by atoms with Crippen molar-refractivity contribution in [2.75, 3.05) is 6.61 Å². The molecule has 0 saturated carbocycles. The zero-order valence-electron chi connectivity index (χ0n) is 13.7. The summed E-state index contributed by atoms with van der Waals surface area (Å²) in [5.41, 5.74) is 0.602. The van der Waals surface area contributed by atoms with Crippen LogP contribution in [0.5, 0.6) is 0 Å². The molecule has 124 valence electrons. The molecule has 2 heterocycles. The van der Waals surface area contributed by atoms with Crippen molar-refractivity contribution in [1.29, 1.82) is 0 Å². The van der Waals surface area contributed by atoms with Gasteiger partial charge in [0.15, 0.2) is 17.2 Å². The average Bonchev–Trinajstić information content (AvgIpc) is 3.03. The summed E-state index contributed by atoms with van der Waals surface area (Å²) >= 11 is 3.35. The molecule has 2 aliphatic heterocycles. The molecular weight excluding hydrogens is 372 g/mol. The van der Waals surface area contributed by atoms with E-state index < -0.39 is 17.1 Å². The van der Waals surface area contributed by atoms with Crippen LogP contribution in [0.15, 0.2) is 40.4 Å². The number of hydrogen-bond acceptors (Lipinski definition) is 4. The van der Waals surface area contributed by atoms with E-state index in [9.17, 15) is 9.59 Å². The molecule has 4 nitrogen and oxygen atoms in total. The van der Waals surface area contributed by atoms with Crippen LogP contribution in [-0.2, 0) is 19.1 Å². The molecule has 4 rings (SSSR count). The number of carbonyl (C=O) groups excluding carboxylic acids is 2. The molecule has 1 aromatic carbocycles. The summed E-state index contributed by atoms with van der Waals surface area (Å²) in [5.74, 6) is -0.177. The van der Waals surface area contributed by atoms with E-state index >= 15 is 0 Å². The third-order valence-electron chi connectivity index (χ3n) is 5.24. The van der Waals surface area contributed by atoms with Crippen LogP contribution in [-0.4, -0.2) is 29.4 Å². The summed E-state index contributed by atoms with van der Waals surface area (Å²) in [4.78, 5) is 25.3. The van der Waals surface area contributed by atoms with Crippen LogP contribution < -0.4 is 0 Å². The Labute approximate surface area is 148 Å². The van der Waals surface area contributed by atoms with Crippen molar-refractivity contribution in [3.05, 3.63) is 51.5 Å². The Kier molecular flexibility index (Phi) is 3.22. The number of benzene rings is 1. The van der Waals surface area contributed by atoms with Crippen LogP contribution >= 0.6 is 15.9 Å². The van der Waals surface area contributed by atoms with Gasteiger partial charge in [0.2, 0.25) is 0 Å². The van der Waals surface area contributed by atoms with Crippen molar-refractivity contribution in [3.63, 3.8) is 0 Å². The molecule has 1 aromatic rings. The molecule has 1 saturated heterocycles. The first-order chi connectivity index (χ1) is 11.3. The Morgan fingerprint density at radius 2 is 1.96 bits per heavy atom. The number of carbonyl (C=O) groups is 2. The van der Waals surface area contributed by atoms with Gasteiger partial charge in [0.05, 0.1) is 28.2 Å². The van der Waals surface area contributed by atoms with Crippen molar-refractivity contribution in [2.45, 2.75) is 32.0 Å². The molecule has 0 spiro atoms. The standard InChI is InChI=1S/C19H17BrO4/c1-10-4-6-12(7-5-10)16-14-15(22)13(20)8-18(3)17(14)19(24-16,9-23-18)11(2)21/h4-8,17H,9H2,1-3H3/t17-,18+,19-/m1/s1. The lowest BCUT2D eigenvalue weighted by molar-refractivity contribution is -0.135. The van der Waals surface area contributed by atoms with Gasteiger partial charge in [-0.3, -0.25) is 9.59 Å². The Morgan fingerprint density at radius 1 is 1.29 bits per heavy atom. The molecule has 0 amide bonds. The highest BCUT2D eigenvalue weighted by Gasteiger charge is 2.68. The monoisotopic (exact) mass is 388 g/mol. The summed E-state index contributed by atoms with van der Waals surface area (Å²) in [7, 11) is 0.